The fourth-order valence-corrected chi connectivity index (χ4v) is 5.35. The maximum absolute atomic E-state index is 13.8. The van der Waals surface area contributed by atoms with Gasteiger partial charge in [0.2, 0.25) is 5.91 Å². The Labute approximate surface area is 209 Å². The molecule has 0 saturated heterocycles. The van der Waals surface area contributed by atoms with E-state index in [4.69, 9.17) is 9.84 Å². The predicted octanol–water partition coefficient (Wildman–Crippen LogP) is 4.59. The number of benzene rings is 1. The summed E-state index contributed by atoms with van der Waals surface area (Å²) in [6.45, 7) is 5.36. The van der Waals surface area contributed by atoms with E-state index in [9.17, 15) is 9.59 Å². The molecule has 7 heteroatoms. The van der Waals surface area contributed by atoms with Gasteiger partial charge in [0.1, 0.15) is 11.2 Å². The zero-order chi connectivity index (χ0) is 24.8. The number of hydrogen-bond acceptors (Lipinski definition) is 4. The Morgan fingerprint density at radius 3 is 2.49 bits per heavy atom. The summed E-state index contributed by atoms with van der Waals surface area (Å²) in [4.78, 5) is 29.2. The lowest BCUT2D eigenvalue weighted by molar-refractivity contribution is -0.134. The van der Waals surface area contributed by atoms with Crippen LogP contribution in [-0.4, -0.2) is 58.3 Å². The number of rotatable bonds is 8. The Bertz CT molecular complexity index is 1010. The molecule has 1 aromatic heterocycles. The molecule has 1 aromatic carbocycles. The van der Waals surface area contributed by atoms with Gasteiger partial charge in [-0.25, -0.2) is 0 Å². The first kappa shape index (κ1) is 25.4. The normalized spacial score (nSPS) is 21.3. The fraction of sp³-hybridized carbons (Fsp3) is 0.607. The molecule has 0 unspecified atom stereocenters. The summed E-state index contributed by atoms with van der Waals surface area (Å²) in [7, 11) is 1.66. The molecular formula is C28H40N4O3. The monoisotopic (exact) mass is 480 g/mol. The first-order valence-electron chi connectivity index (χ1n) is 13.3. The Balaban J connectivity index is 1.61. The highest BCUT2D eigenvalue weighted by Crippen LogP contribution is 2.31. The van der Waals surface area contributed by atoms with Crippen LogP contribution in [0.4, 0.5) is 0 Å². The van der Waals surface area contributed by atoms with E-state index in [1.54, 1.807) is 16.7 Å². The van der Waals surface area contributed by atoms with Gasteiger partial charge in [-0.3, -0.25) is 14.3 Å². The first-order valence-corrected chi connectivity index (χ1v) is 13.3. The standard InChI is InChI=1S/C28H40N4O3/c1-4-21-13-15-22(16-14-21)24-19-25-26(33)31(17-10-18-35-3)28(2,20-32(25)30-24)27(34)29-23-11-8-6-5-7-9-12-23/h13-16,19,23H,4-12,17-18,20H2,1-3H3,(H,29,34)/t28-/m0/s1. The highest BCUT2D eigenvalue weighted by atomic mass is 16.5. The molecule has 0 spiro atoms. The molecule has 4 rings (SSSR count). The van der Waals surface area contributed by atoms with Crippen molar-refractivity contribution in [3.63, 3.8) is 0 Å². The number of methoxy groups -OCH3 is 1. The number of nitrogens with one attached hydrogen (secondary N) is 1. The van der Waals surface area contributed by atoms with Crippen LogP contribution in [0.3, 0.4) is 0 Å². The van der Waals surface area contributed by atoms with Gasteiger partial charge in [0.15, 0.2) is 0 Å². The van der Waals surface area contributed by atoms with Crippen molar-refractivity contribution in [2.75, 3.05) is 20.3 Å². The summed E-state index contributed by atoms with van der Waals surface area (Å²) in [5.41, 5.74) is 2.53. The lowest BCUT2D eigenvalue weighted by Crippen LogP contribution is -2.65. The molecule has 1 fully saturated rings. The number of amides is 2. The highest BCUT2D eigenvalue weighted by molar-refractivity contribution is 6.00. The average Bonchev–Trinajstić information content (AvgIpc) is 3.26. The second-order valence-electron chi connectivity index (χ2n) is 10.2. The summed E-state index contributed by atoms with van der Waals surface area (Å²) in [5, 5.41) is 8.09. The van der Waals surface area contributed by atoms with E-state index in [0.29, 0.717) is 31.8 Å². The lowest BCUT2D eigenvalue weighted by atomic mass is 9.92. The summed E-state index contributed by atoms with van der Waals surface area (Å²) >= 11 is 0. The molecule has 7 nitrogen and oxygen atoms in total. The van der Waals surface area contributed by atoms with E-state index < -0.39 is 5.54 Å². The SMILES string of the molecule is CCc1ccc(-c2cc3n(n2)C[C@@](C)(C(=O)NC2CCCCCCC2)N(CCCOC)C3=O)cc1. The van der Waals surface area contributed by atoms with Crippen molar-refractivity contribution < 1.29 is 14.3 Å². The van der Waals surface area contributed by atoms with Crippen LogP contribution in [0.5, 0.6) is 0 Å². The Morgan fingerprint density at radius 1 is 1.14 bits per heavy atom. The minimum absolute atomic E-state index is 0.0798. The van der Waals surface area contributed by atoms with Gasteiger partial charge in [-0.15, -0.1) is 0 Å². The van der Waals surface area contributed by atoms with Crippen molar-refractivity contribution in [3.8, 4) is 11.3 Å². The van der Waals surface area contributed by atoms with Crippen molar-refractivity contribution in [3.05, 3.63) is 41.6 Å². The summed E-state index contributed by atoms with van der Waals surface area (Å²) in [5.74, 6) is -0.226. The number of aromatic nitrogens is 2. The molecule has 2 aromatic rings. The predicted molar refractivity (Wildman–Crippen MR) is 137 cm³/mol. The number of fused-ring (bicyclic) bond motifs is 1. The lowest BCUT2D eigenvalue weighted by Gasteiger charge is -2.44. The van der Waals surface area contributed by atoms with Crippen LogP contribution in [0.15, 0.2) is 30.3 Å². The van der Waals surface area contributed by atoms with Crippen molar-refractivity contribution in [2.45, 2.75) is 89.8 Å². The van der Waals surface area contributed by atoms with Gasteiger partial charge in [-0.05, 0) is 44.2 Å². The summed E-state index contributed by atoms with van der Waals surface area (Å²) in [6, 6.07) is 10.3. The molecule has 2 heterocycles. The third-order valence-corrected chi connectivity index (χ3v) is 7.62. The first-order chi connectivity index (χ1) is 17.0. The quantitative estimate of drug-likeness (QED) is 0.561. The van der Waals surface area contributed by atoms with Crippen LogP contribution in [-0.2, 0) is 22.5 Å². The number of ether oxygens (including phenoxy) is 1. The molecule has 0 radical (unpaired) electrons. The molecular weight excluding hydrogens is 440 g/mol. The maximum atomic E-state index is 13.8. The van der Waals surface area contributed by atoms with Crippen LogP contribution in [0.1, 0.15) is 81.3 Å². The molecule has 190 valence electrons. The second-order valence-corrected chi connectivity index (χ2v) is 10.2. The van der Waals surface area contributed by atoms with Crippen LogP contribution in [0.25, 0.3) is 11.3 Å². The van der Waals surface area contributed by atoms with E-state index in [1.807, 2.05) is 13.0 Å². The van der Waals surface area contributed by atoms with E-state index in [1.165, 1.54) is 24.8 Å². The third kappa shape index (κ3) is 5.61. The van der Waals surface area contributed by atoms with Gasteiger partial charge in [0.05, 0.1) is 12.2 Å². The number of carbonyl (C=O) groups excluding carboxylic acids is 2. The van der Waals surface area contributed by atoms with Crippen molar-refractivity contribution in [1.29, 1.82) is 0 Å². The Kier molecular flexibility index (Phi) is 8.26. The summed E-state index contributed by atoms with van der Waals surface area (Å²) < 4.78 is 6.97. The van der Waals surface area contributed by atoms with Gasteiger partial charge < -0.3 is 15.0 Å². The zero-order valence-corrected chi connectivity index (χ0v) is 21.5. The van der Waals surface area contributed by atoms with Gasteiger partial charge in [-0.1, -0.05) is 63.3 Å². The molecule has 1 aliphatic carbocycles. The van der Waals surface area contributed by atoms with E-state index in [0.717, 1.165) is 43.4 Å². The largest absolute Gasteiger partial charge is 0.385 e. The van der Waals surface area contributed by atoms with Crippen molar-refractivity contribution in [1.82, 2.24) is 20.0 Å². The Morgan fingerprint density at radius 2 is 1.83 bits per heavy atom. The fourth-order valence-electron chi connectivity index (χ4n) is 5.35. The molecule has 0 bridgehead atoms. The van der Waals surface area contributed by atoms with Crippen LogP contribution in [0.2, 0.25) is 0 Å². The number of hydrogen-bond donors (Lipinski definition) is 1. The van der Waals surface area contributed by atoms with Crippen molar-refractivity contribution in [2.24, 2.45) is 0 Å². The van der Waals surface area contributed by atoms with Crippen LogP contribution >= 0.6 is 0 Å². The van der Waals surface area contributed by atoms with Gasteiger partial charge in [0.25, 0.3) is 5.91 Å². The van der Waals surface area contributed by atoms with E-state index >= 15 is 0 Å². The smallest absolute Gasteiger partial charge is 0.273 e. The van der Waals surface area contributed by atoms with Gasteiger partial charge in [-0.2, -0.15) is 5.10 Å². The molecule has 1 N–H and O–H groups in total. The molecule has 2 aliphatic rings. The van der Waals surface area contributed by atoms with Crippen LogP contribution in [0, 0.1) is 0 Å². The van der Waals surface area contributed by atoms with Gasteiger partial charge >= 0.3 is 0 Å². The average molecular weight is 481 g/mol. The molecule has 35 heavy (non-hydrogen) atoms. The number of carbonyl (C=O) groups is 2. The zero-order valence-electron chi connectivity index (χ0n) is 21.5. The topological polar surface area (TPSA) is 76.5 Å². The second kappa shape index (κ2) is 11.4. The molecule has 2 amide bonds. The number of nitrogens with zero attached hydrogens (tertiary/aromatic N) is 3. The Hall–Kier alpha value is -2.67. The third-order valence-electron chi connectivity index (χ3n) is 7.62. The van der Waals surface area contributed by atoms with Gasteiger partial charge in [0, 0.05) is 31.9 Å². The van der Waals surface area contributed by atoms with Crippen LogP contribution < -0.4 is 5.32 Å². The van der Waals surface area contributed by atoms with E-state index in [-0.39, 0.29) is 17.9 Å². The maximum Gasteiger partial charge on any atom is 0.273 e. The number of aryl methyl sites for hydroxylation is 1. The summed E-state index contributed by atoms with van der Waals surface area (Å²) in [6.07, 6.45) is 9.68. The highest BCUT2D eigenvalue weighted by Gasteiger charge is 2.48. The van der Waals surface area contributed by atoms with Crippen molar-refractivity contribution >= 4 is 11.8 Å². The van der Waals surface area contributed by atoms with E-state index in [2.05, 4.69) is 36.5 Å². The molecule has 1 atom stereocenters. The minimum atomic E-state index is -1.00. The molecule has 1 saturated carbocycles. The molecule has 1 aliphatic heterocycles. The minimum Gasteiger partial charge on any atom is -0.385 e.